The predicted octanol–water partition coefficient (Wildman–Crippen LogP) is 2.94. The van der Waals surface area contributed by atoms with E-state index in [9.17, 15) is 0 Å². The second kappa shape index (κ2) is 4.13. The van der Waals surface area contributed by atoms with Crippen LogP contribution in [-0.2, 0) is 6.42 Å². The molecule has 1 atom stereocenters. The van der Waals surface area contributed by atoms with E-state index in [4.69, 9.17) is 4.74 Å². The van der Waals surface area contributed by atoms with Gasteiger partial charge in [0.15, 0.2) is 0 Å². The average Bonchev–Trinajstić information content (AvgIpc) is 2.27. The van der Waals surface area contributed by atoms with Crippen LogP contribution in [0.3, 0.4) is 0 Å². The van der Waals surface area contributed by atoms with Gasteiger partial charge in [-0.15, -0.1) is 0 Å². The lowest BCUT2D eigenvalue weighted by Crippen LogP contribution is -2.26. The van der Waals surface area contributed by atoms with Gasteiger partial charge in [-0.05, 0) is 42.0 Å². The Hall–Kier alpha value is -1.18. The van der Waals surface area contributed by atoms with E-state index < -0.39 is 0 Å². The quantitative estimate of drug-likeness (QED) is 0.801. The highest BCUT2D eigenvalue weighted by molar-refractivity contribution is 5.56. The standard InChI is InChI=1S/C13H19NO/c1-9(2)11-6-10-7-12(15-3)4-5-13(10)14-8-11/h4-5,7,9,11,14H,6,8H2,1-3H3/t11-/m0/s1. The Labute approximate surface area is 91.6 Å². The van der Waals surface area contributed by atoms with Crippen molar-refractivity contribution in [2.45, 2.75) is 20.3 Å². The maximum Gasteiger partial charge on any atom is 0.119 e. The Morgan fingerprint density at radius 3 is 2.87 bits per heavy atom. The number of benzene rings is 1. The summed E-state index contributed by atoms with van der Waals surface area (Å²) in [5.41, 5.74) is 2.66. The van der Waals surface area contributed by atoms with Crippen molar-refractivity contribution in [3.05, 3.63) is 23.8 Å². The molecule has 0 saturated carbocycles. The summed E-state index contributed by atoms with van der Waals surface area (Å²) < 4.78 is 5.25. The molecule has 0 unspecified atom stereocenters. The molecule has 1 aromatic rings. The van der Waals surface area contributed by atoms with E-state index in [0.29, 0.717) is 0 Å². The van der Waals surface area contributed by atoms with E-state index in [0.717, 1.165) is 30.6 Å². The van der Waals surface area contributed by atoms with E-state index >= 15 is 0 Å². The van der Waals surface area contributed by atoms with Crippen LogP contribution in [0.25, 0.3) is 0 Å². The number of anilines is 1. The molecule has 0 aliphatic carbocycles. The first-order valence-corrected chi connectivity index (χ1v) is 5.61. The fourth-order valence-electron chi connectivity index (χ4n) is 2.11. The second-order valence-electron chi connectivity index (χ2n) is 4.61. The van der Waals surface area contributed by atoms with Crippen LogP contribution in [-0.4, -0.2) is 13.7 Å². The largest absolute Gasteiger partial charge is 0.497 e. The molecule has 1 aliphatic rings. The summed E-state index contributed by atoms with van der Waals surface area (Å²) in [4.78, 5) is 0. The van der Waals surface area contributed by atoms with E-state index in [-0.39, 0.29) is 0 Å². The lowest BCUT2D eigenvalue weighted by Gasteiger charge is -2.29. The van der Waals surface area contributed by atoms with Crippen LogP contribution < -0.4 is 10.1 Å². The number of rotatable bonds is 2. The van der Waals surface area contributed by atoms with Crippen LogP contribution in [0.4, 0.5) is 5.69 Å². The van der Waals surface area contributed by atoms with Gasteiger partial charge in [0, 0.05) is 12.2 Å². The van der Waals surface area contributed by atoms with Crippen molar-refractivity contribution in [2.75, 3.05) is 19.0 Å². The second-order valence-corrected chi connectivity index (χ2v) is 4.61. The Morgan fingerprint density at radius 1 is 1.40 bits per heavy atom. The summed E-state index contributed by atoms with van der Waals surface area (Å²) in [6, 6.07) is 6.28. The minimum Gasteiger partial charge on any atom is -0.497 e. The highest BCUT2D eigenvalue weighted by atomic mass is 16.5. The summed E-state index contributed by atoms with van der Waals surface area (Å²) in [6.45, 7) is 5.67. The number of nitrogens with one attached hydrogen (secondary N) is 1. The van der Waals surface area contributed by atoms with Crippen LogP contribution in [0.2, 0.25) is 0 Å². The van der Waals surface area contributed by atoms with Gasteiger partial charge in [-0.1, -0.05) is 13.8 Å². The summed E-state index contributed by atoms with van der Waals surface area (Å²) in [6.07, 6.45) is 1.16. The number of ether oxygens (including phenoxy) is 1. The van der Waals surface area contributed by atoms with Crippen LogP contribution in [0.5, 0.6) is 5.75 Å². The summed E-state index contributed by atoms with van der Waals surface area (Å²) in [7, 11) is 1.72. The molecule has 0 aromatic heterocycles. The molecule has 0 spiro atoms. The zero-order valence-corrected chi connectivity index (χ0v) is 9.71. The molecule has 0 radical (unpaired) electrons. The molecule has 0 amide bonds. The Balaban J connectivity index is 2.23. The van der Waals surface area contributed by atoms with Gasteiger partial charge < -0.3 is 10.1 Å². The van der Waals surface area contributed by atoms with Crippen LogP contribution >= 0.6 is 0 Å². The summed E-state index contributed by atoms with van der Waals surface area (Å²) >= 11 is 0. The Kier molecular flexibility index (Phi) is 2.85. The van der Waals surface area contributed by atoms with Crippen LogP contribution in [0.1, 0.15) is 19.4 Å². The van der Waals surface area contributed by atoms with Crippen molar-refractivity contribution in [1.82, 2.24) is 0 Å². The molecule has 1 N–H and O–H groups in total. The minimum absolute atomic E-state index is 0.733. The number of hydrogen-bond donors (Lipinski definition) is 1. The summed E-state index contributed by atoms with van der Waals surface area (Å²) in [5.74, 6) is 2.43. The molecule has 0 bridgehead atoms. The summed E-state index contributed by atoms with van der Waals surface area (Å²) in [5, 5.41) is 3.49. The molecule has 2 rings (SSSR count). The molecule has 2 nitrogen and oxygen atoms in total. The first-order chi connectivity index (χ1) is 7.20. The topological polar surface area (TPSA) is 21.3 Å². The van der Waals surface area contributed by atoms with Gasteiger partial charge >= 0.3 is 0 Å². The maximum absolute atomic E-state index is 5.25. The Bertz CT molecular complexity index is 346. The van der Waals surface area contributed by atoms with Gasteiger partial charge in [0.1, 0.15) is 5.75 Å². The fourth-order valence-corrected chi connectivity index (χ4v) is 2.11. The number of hydrogen-bond acceptors (Lipinski definition) is 2. The van der Waals surface area contributed by atoms with Crippen molar-refractivity contribution in [3.8, 4) is 5.75 Å². The zero-order chi connectivity index (χ0) is 10.8. The van der Waals surface area contributed by atoms with Crippen LogP contribution in [0.15, 0.2) is 18.2 Å². The SMILES string of the molecule is COc1ccc2c(c1)C[C@H](C(C)C)CN2. The minimum atomic E-state index is 0.733. The fraction of sp³-hybridized carbons (Fsp3) is 0.538. The molecule has 1 aliphatic heterocycles. The molecule has 2 heteroatoms. The number of fused-ring (bicyclic) bond motifs is 1. The van der Waals surface area contributed by atoms with Crippen molar-refractivity contribution in [1.29, 1.82) is 0 Å². The molecule has 0 fully saturated rings. The van der Waals surface area contributed by atoms with E-state index in [1.54, 1.807) is 7.11 Å². The third kappa shape index (κ3) is 2.09. The third-order valence-electron chi connectivity index (χ3n) is 3.29. The van der Waals surface area contributed by atoms with Gasteiger partial charge in [-0.25, -0.2) is 0 Å². The predicted molar refractivity (Wildman–Crippen MR) is 63.5 cm³/mol. The van der Waals surface area contributed by atoms with E-state index in [1.807, 2.05) is 6.07 Å². The van der Waals surface area contributed by atoms with Gasteiger partial charge in [0.2, 0.25) is 0 Å². The molecular formula is C13H19NO. The lowest BCUT2D eigenvalue weighted by atomic mass is 9.86. The van der Waals surface area contributed by atoms with Gasteiger partial charge in [0.25, 0.3) is 0 Å². The molecule has 1 aromatic carbocycles. The van der Waals surface area contributed by atoms with Gasteiger partial charge in [0.05, 0.1) is 7.11 Å². The van der Waals surface area contributed by atoms with Gasteiger partial charge in [-0.3, -0.25) is 0 Å². The number of methoxy groups -OCH3 is 1. The molecular weight excluding hydrogens is 186 g/mol. The van der Waals surface area contributed by atoms with Crippen molar-refractivity contribution < 1.29 is 4.74 Å². The van der Waals surface area contributed by atoms with E-state index in [2.05, 4.69) is 31.3 Å². The van der Waals surface area contributed by atoms with Crippen molar-refractivity contribution in [2.24, 2.45) is 11.8 Å². The van der Waals surface area contributed by atoms with Crippen LogP contribution in [0, 0.1) is 11.8 Å². The van der Waals surface area contributed by atoms with E-state index in [1.165, 1.54) is 11.3 Å². The first kappa shape index (κ1) is 10.3. The molecule has 0 saturated heterocycles. The van der Waals surface area contributed by atoms with Crippen molar-refractivity contribution in [3.63, 3.8) is 0 Å². The highest BCUT2D eigenvalue weighted by Gasteiger charge is 2.20. The average molecular weight is 205 g/mol. The molecule has 15 heavy (non-hydrogen) atoms. The maximum atomic E-state index is 5.25. The van der Waals surface area contributed by atoms with Gasteiger partial charge in [-0.2, -0.15) is 0 Å². The lowest BCUT2D eigenvalue weighted by molar-refractivity contribution is 0.389. The molecule has 82 valence electrons. The van der Waals surface area contributed by atoms with Crippen molar-refractivity contribution >= 4 is 5.69 Å². The highest BCUT2D eigenvalue weighted by Crippen LogP contribution is 2.30. The molecule has 1 heterocycles. The smallest absolute Gasteiger partial charge is 0.119 e. The zero-order valence-electron chi connectivity index (χ0n) is 9.71. The monoisotopic (exact) mass is 205 g/mol. The third-order valence-corrected chi connectivity index (χ3v) is 3.29. The Morgan fingerprint density at radius 2 is 2.20 bits per heavy atom. The normalized spacial score (nSPS) is 19.6. The first-order valence-electron chi connectivity index (χ1n) is 5.61.